The molecule has 2 saturated heterocycles. The maximum Gasteiger partial charge on any atom is 0.129 e. The van der Waals surface area contributed by atoms with Gasteiger partial charge in [0.25, 0.3) is 0 Å². The van der Waals surface area contributed by atoms with Crippen LogP contribution >= 0.6 is 0 Å². The summed E-state index contributed by atoms with van der Waals surface area (Å²) in [7, 11) is 1.72. The molecule has 4 heteroatoms. The van der Waals surface area contributed by atoms with Crippen molar-refractivity contribution in [1.29, 1.82) is 5.41 Å². The van der Waals surface area contributed by atoms with E-state index in [0.29, 0.717) is 19.0 Å². The highest BCUT2D eigenvalue weighted by molar-refractivity contribution is 5.88. The van der Waals surface area contributed by atoms with Crippen LogP contribution in [0.3, 0.4) is 0 Å². The van der Waals surface area contributed by atoms with Crippen molar-refractivity contribution >= 4 is 5.84 Å². The van der Waals surface area contributed by atoms with E-state index >= 15 is 0 Å². The zero-order chi connectivity index (χ0) is 10.7. The first-order valence-corrected chi connectivity index (χ1v) is 5.75. The smallest absolute Gasteiger partial charge is 0.129 e. The molecule has 0 unspecified atom stereocenters. The van der Waals surface area contributed by atoms with Gasteiger partial charge in [-0.1, -0.05) is 0 Å². The molecule has 2 rings (SSSR count). The van der Waals surface area contributed by atoms with E-state index in [2.05, 4.69) is 4.90 Å². The Morgan fingerprint density at radius 2 is 1.87 bits per heavy atom. The van der Waals surface area contributed by atoms with Crippen LogP contribution < -0.4 is 0 Å². The molecule has 0 atom stereocenters. The number of hydrogen-bond acceptors (Lipinski definition) is 3. The Hall–Kier alpha value is -0.610. The van der Waals surface area contributed by atoms with E-state index in [1.807, 2.05) is 0 Å². The fourth-order valence-electron chi connectivity index (χ4n) is 2.47. The van der Waals surface area contributed by atoms with Gasteiger partial charge in [-0.25, -0.2) is 0 Å². The molecule has 2 heterocycles. The minimum Gasteiger partial charge on any atom is -0.381 e. The summed E-state index contributed by atoms with van der Waals surface area (Å²) < 4.78 is 11.0. The van der Waals surface area contributed by atoms with Crippen molar-refractivity contribution in [3.63, 3.8) is 0 Å². The molecule has 4 nitrogen and oxygen atoms in total. The molecule has 0 bridgehead atoms. The third-order valence-corrected chi connectivity index (χ3v) is 3.55. The lowest BCUT2D eigenvalue weighted by molar-refractivity contribution is -0.0522. The third kappa shape index (κ3) is 2.01. The van der Waals surface area contributed by atoms with E-state index in [0.717, 1.165) is 25.9 Å². The average Bonchev–Trinajstić information content (AvgIpc) is 2.82. The zero-order valence-corrected chi connectivity index (χ0v) is 9.42. The third-order valence-electron chi connectivity index (χ3n) is 3.55. The van der Waals surface area contributed by atoms with Gasteiger partial charge >= 0.3 is 0 Å². The first-order valence-electron chi connectivity index (χ1n) is 5.75. The highest BCUT2D eigenvalue weighted by Crippen LogP contribution is 2.28. The number of methoxy groups -OCH3 is 1. The fraction of sp³-hybridized carbons (Fsp3) is 0.909. The summed E-state index contributed by atoms with van der Waals surface area (Å²) in [6, 6.07) is 0. The quantitative estimate of drug-likeness (QED) is 0.553. The topological polar surface area (TPSA) is 45.5 Å². The maximum absolute atomic E-state index is 8.27. The van der Waals surface area contributed by atoms with Crippen molar-refractivity contribution in [2.24, 2.45) is 0 Å². The Morgan fingerprint density at radius 1 is 1.27 bits per heavy atom. The molecule has 0 saturated carbocycles. The number of likely N-dealkylation sites (tertiary alicyclic amines) is 1. The predicted molar refractivity (Wildman–Crippen MR) is 58.3 cm³/mol. The van der Waals surface area contributed by atoms with Crippen LogP contribution in [0, 0.1) is 5.41 Å². The molecule has 0 radical (unpaired) electrons. The van der Waals surface area contributed by atoms with Crippen molar-refractivity contribution in [3.05, 3.63) is 0 Å². The van der Waals surface area contributed by atoms with Crippen LogP contribution in [0.2, 0.25) is 0 Å². The number of nitrogens with zero attached hydrogens (tertiary/aromatic N) is 1. The van der Waals surface area contributed by atoms with Gasteiger partial charge in [-0.2, -0.15) is 0 Å². The zero-order valence-electron chi connectivity index (χ0n) is 9.42. The first-order chi connectivity index (χ1) is 7.28. The number of hydrogen-bond donors (Lipinski definition) is 1. The summed E-state index contributed by atoms with van der Waals surface area (Å²) in [5.74, 6) is 0.672. The van der Waals surface area contributed by atoms with E-state index in [9.17, 15) is 0 Å². The van der Waals surface area contributed by atoms with E-state index in [4.69, 9.17) is 14.9 Å². The minimum atomic E-state index is -0.372. The monoisotopic (exact) mass is 212 g/mol. The van der Waals surface area contributed by atoms with Crippen molar-refractivity contribution in [2.75, 3.05) is 33.4 Å². The van der Waals surface area contributed by atoms with Crippen LogP contribution in [0.4, 0.5) is 0 Å². The van der Waals surface area contributed by atoms with Gasteiger partial charge < -0.3 is 14.4 Å². The molecule has 0 aromatic rings. The molecule has 0 amide bonds. The number of ether oxygens (including phenoxy) is 2. The van der Waals surface area contributed by atoms with Gasteiger partial charge in [-0.3, -0.25) is 5.41 Å². The van der Waals surface area contributed by atoms with Crippen LogP contribution in [0.15, 0.2) is 0 Å². The minimum absolute atomic E-state index is 0.372. The lowest BCUT2D eigenvalue weighted by atomic mass is 9.92. The van der Waals surface area contributed by atoms with Crippen molar-refractivity contribution < 1.29 is 9.47 Å². The number of rotatable bonds is 2. The summed E-state index contributed by atoms with van der Waals surface area (Å²) in [6.07, 6.45) is 4.05. The van der Waals surface area contributed by atoms with Gasteiger partial charge in [-0.05, 0) is 12.8 Å². The number of amidine groups is 1. The normalized spacial score (nSPS) is 25.5. The highest BCUT2D eigenvalue weighted by Gasteiger charge is 2.40. The summed E-state index contributed by atoms with van der Waals surface area (Å²) in [6.45, 7) is 3.46. The van der Waals surface area contributed by atoms with Crippen molar-refractivity contribution in [2.45, 2.75) is 31.3 Å². The molecule has 86 valence electrons. The first kappa shape index (κ1) is 10.9. The molecule has 2 aliphatic heterocycles. The largest absolute Gasteiger partial charge is 0.381 e. The standard InChI is InChI=1S/C11H20N2O2/c1-14-11(4-8-15-9-5-11)10(12)13-6-2-3-7-13/h12H,2-9H2,1H3. The SMILES string of the molecule is COC1(C(=N)N2CCCC2)CCOCC1. The fourth-order valence-corrected chi connectivity index (χ4v) is 2.47. The second-order valence-corrected chi connectivity index (χ2v) is 4.35. The Labute approximate surface area is 91.0 Å². The van der Waals surface area contributed by atoms with E-state index < -0.39 is 0 Å². The molecule has 0 aliphatic carbocycles. The highest BCUT2D eigenvalue weighted by atomic mass is 16.5. The van der Waals surface area contributed by atoms with Gasteiger partial charge in [0, 0.05) is 46.3 Å². The Balaban J connectivity index is 2.06. The summed E-state index contributed by atoms with van der Waals surface area (Å²) in [4.78, 5) is 2.16. The van der Waals surface area contributed by atoms with Crippen LogP contribution in [0.1, 0.15) is 25.7 Å². The van der Waals surface area contributed by atoms with Gasteiger partial charge in [-0.15, -0.1) is 0 Å². The second kappa shape index (κ2) is 4.49. The summed E-state index contributed by atoms with van der Waals surface area (Å²) >= 11 is 0. The Bertz CT molecular complexity index is 231. The van der Waals surface area contributed by atoms with Gasteiger partial charge in [0.1, 0.15) is 11.4 Å². The lowest BCUT2D eigenvalue weighted by Gasteiger charge is -2.39. The lowest BCUT2D eigenvalue weighted by Crippen LogP contribution is -2.52. The molecular formula is C11H20N2O2. The molecule has 1 N–H and O–H groups in total. The molecule has 0 spiro atoms. The van der Waals surface area contributed by atoms with E-state index in [1.54, 1.807) is 7.11 Å². The molecular weight excluding hydrogens is 192 g/mol. The van der Waals surface area contributed by atoms with Crippen LogP contribution in [0.25, 0.3) is 0 Å². The Kier molecular flexibility index (Phi) is 3.26. The Morgan fingerprint density at radius 3 is 2.40 bits per heavy atom. The van der Waals surface area contributed by atoms with Crippen LogP contribution in [-0.4, -0.2) is 49.7 Å². The molecule has 2 fully saturated rings. The molecule has 0 aromatic heterocycles. The average molecular weight is 212 g/mol. The second-order valence-electron chi connectivity index (χ2n) is 4.35. The van der Waals surface area contributed by atoms with Crippen molar-refractivity contribution in [1.82, 2.24) is 4.90 Å². The van der Waals surface area contributed by atoms with E-state index in [-0.39, 0.29) is 5.60 Å². The summed E-state index contributed by atoms with van der Waals surface area (Å²) in [5, 5.41) is 8.27. The van der Waals surface area contributed by atoms with Gasteiger partial charge in [0.05, 0.1) is 0 Å². The van der Waals surface area contributed by atoms with Crippen LogP contribution in [-0.2, 0) is 9.47 Å². The molecule has 15 heavy (non-hydrogen) atoms. The predicted octanol–water partition coefficient (Wildman–Crippen LogP) is 1.26. The molecule has 0 aromatic carbocycles. The molecule has 2 aliphatic rings. The summed E-state index contributed by atoms with van der Waals surface area (Å²) in [5.41, 5.74) is -0.372. The van der Waals surface area contributed by atoms with Crippen molar-refractivity contribution in [3.8, 4) is 0 Å². The maximum atomic E-state index is 8.27. The van der Waals surface area contributed by atoms with E-state index in [1.165, 1.54) is 12.8 Å². The van der Waals surface area contributed by atoms with Gasteiger partial charge in [0.15, 0.2) is 0 Å². The number of nitrogens with one attached hydrogen (secondary N) is 1. The van der Waals surface area contributed by atoms with Gasteiger partial charge in [0.2, 0.25) is 0 Å². The van der Waals surface area contributed by atoms with Crippen LogP contribution in [0.5, 0.6) is 0 Å².